The summed E-state index contributed by atoms with van der Waals surface area (Å²) in [6, 6.07) is 5.96. The number of halogens is 2. The zero-order valence-electron chi connectivity index (χ0n) is 11.3. The highest BCUT2D eigenvalue weighted by Gasteiger charge is 2.33. The molecule has 1 aromatic rings. The van der Waals surface area contributed by atoms with Crippen LogP contribution in [-0.4, -0.2) is 17.3 Å². The first kappa shape index (κ1) is 15.3. The van der Waals surface area contributed by atoms with Gasteiger partial charge in [0, 0.05) is 16.6 Å². The summed E-state index contributed by atoms with van der Waals surface area (Å²) < 4.78 is 0.920. The predicted octanol–water partition coefficient (Wildman–Crippen LogP) is 4.13. The van der Waals surface area contributed by atoms with Crippen LogP contribution in [0.3, 0.4) is 0 Å². The van der Waals surface area contributed by atoms with Crippen molar-refractivity contribution in [2.45, 2.75) is 44.7 Å². The molecule has 1 fully saturated rings. The van der Waals surface area contributed by atoms with E-state index in [0.717, 1.165) is 28.9 Å². The summed E-state index contributed by atoms with van der Waals surface area (Å²) in [6.07, 6.45) is 4.58. The Hall–Kier alpha value is -0.0900. The third-order valence-electron chi connectivity index (χ3n) is 4.05. The van der Waals surface area contributed by atoms with Crippen LogP contribution in [0.1, 0.15) is 38.2 Å². The van der Waals surface area contributed by atoms with Gasteiger partial charge in [-0.25, -0.2) is 0 Å². The smallest absolute Gasteiger partial charge is 0.0613 e. The van der Waals surface area contributed by atoms with Crippen molar-refractivity contribution >= 4 is 27.5 Å². The van der Waals surface area contributed by atoms with Gasteiger partial charge in [0.15, 0.2) is 0 Å². The lowest BCUT2D eigenvalue weighted by Gasteiger charge is -2.39. The third kappa shape index (κ3) is 3.94. The topological polar surface area (TPSA) is 32.3 Å². The van der Waals surface area contributed by atoms with E-state index < -0.39 is 0 Å². The van der Waals surface area contributed by atoms with Crippen molar-refractivity contribution < 1.29 is 5.11 Å². The molecule has 2 atom stereocenters. The van der Waals surface area contributed by atoms with Gasteiger partial charge in [-0.2, -0.15) is 0 Å². The summed E-state index contributed by atoms with van der Waals surface area (Å²) in [7, 11) is 0. The van der Waals surface area contributed by atoms with Crippen LogP contribution in [0.4, 0.5) is 0 Å². The molecule has 0 aliphatic heterocycles. The number of hydrogen-bond acceptors (Lipinski definition) is 2. The lowest BCUT2D eigenvalue weighted by molar-refractivity contribution is 0.0982. The van der Waals surface area contributed by atoms with Gasteiger partial charge in [0.05, 0.1) is 11.6 Å². The van der Waals surface area contributed by atoms with E-state index in [1.165, 1.54) is 18.4 Å². The standard InChI is InChI=1S/C15H21BrClNO/c1-11-3-2-6-15(8-11,10-19)18-9-12-4-5-14(17)13(16)7-12/h4-5,7,11,18-19H,2-3,6,8-10H2,1H3. The Morgan fingerprint density at radius 1 is 1.53 bits per heavy atom. The molecule has 0 radical (unpaired) electrons. The van der Waals surface area contributed by atoms with Crippen LogP contribution in [0.2, 0.25) is 5.02 Å². The molecular formula is C15H21BrClNO. The minimum absolute atomic E-state index is 0.107. The second kappa shape index (κ2) is 6.57. The molecule has 0 spiro atoms. The van der Waals surface area contributed by atoms with Gasteiger partial charge >= 0.3 is 0 Å². The number of benzene rings is 1. The highest BCUT2D eigenvalue weighted by atomic mass is 79.9. The third-order valence-corrected chi connectivity index (χ3v) is 5.26. The van der Waals surface area contributed by atoms with Crippen molar-refractivity contribution in [1.82, 2.24) is 5.32 Å². The SMILES string of the molecule is CC1CCCC(CO)(NCc2ccc(Cl)c(Br)c2)C1. The van der Waals surface area contributed by atoms with Crippen LogP contribution in [0.25, 0.3) is 0 Å². The summed E-state index contributed by atoms with van der Waals surface area (Å²) in [6.45, 7) is 3.25. The molecule has 2 N–H and O–H groups in total. The monoisotopic (exact) mass is 345 g/mol. The summed E-state index contributed by atoms with van der Waals surface area (Å²) >= 11 is 9.44. The van der Waals surface area contributed by atoms with Gasteiger partial charge in [0.2, 0.25) is 0 Å². The Labute approximate surface area is 128 Å². The molecule has 0 saturated heterocycles. The Morgan fingerprint density at radius 3 is 2.95 bits per heavy atom. The Bertz CT molecular complexity index is 440. The van der Waals surface area contributed by atoms with Gasteiger partial charge < -0.3 is 10.4 Å². The fourth-order valence-corrected chi connectivity index (χ4v) is 3.50. The molecular weight excluding hydrogens is 326 g/mol. The largest absolute Gasteiger partial charge is 0.394 e. The molecule has 2 nitrogen and oxygen atoms in total. The van der Waals surface area contributed by atoms with E-state index in [0.29, 0.717) is 5.92 Å². The molecule has 1 aliphatic carbocycles. The van der Waals surface area contributed by atoms with Crippen LogP contribution >= 0.6 is 27.5 Å². The van der Waals surface area contributed by atoms with Gasteiger partial charge in [-0.15, -0.1) is 0 Å². The van der Waals surface area contributed by atoms with Crippen LogP contribution in [0.5, 0.6) is 0 Å². The van der Waals surface area contributed by atoms with Gasteiger partial charge in [0.1, 0.15) is 0 Å². The molecule has 2 unspecified atom stereocenters. The summed E-state index contributed by atoms with van der Waals surface area (Å²) in [4.78, 5) is 0. The molecule has 4 heteroatoms. The van der Waals surface area contributed by atoms with Crippen molar-refractivity contribution in [2.24, 2.45) is 5.92 Å². The second-order valence-corrected chi connectivity index (χ2v) is 7.00. The van der Waals surface area contributed by atoms with E-state index in [4.69, 9.17) is 11.6 Å². The summed E-state index contributed by atoms with van der Waals surface area (Å²) in [5.74, 6) is 0.686. The molecule has 0 heterocycles. The Balaban J connectivity index is 2.01. The zero-order chi connectivity index (χ0) is 13.9. The molecule has 1 saturated carbocycles. The van der Waals surface area contributed by atoms with E-state index in [1.54, 1.807) is 0 Å². The van der Waals surface area contributed by atoms with E-state index >= 15 is 0 Å². The molecule has 0 bridgehead atoms. The van der Waals surface area contributed by atoms with Gasteiger partial charge in [-0.05, 0) is 52.4 Å². The van der Waals surface area contributed by atoms with Crippen molar-refractivity contribution in [1.29, 1.82) is 0 Å². The molecule has 0 aromatic heterocycles. The molecule has 19 heavy (non-hydrogen) atoms. The minimum atomic E-state index is -0.107. The van der Waals surface area contributed by atoms with Gasteiger partial charge in [-0.3, -0.25) is 0 Å². The maximum absolute atomic E-state index is 9.74. The fourth-order valence-electron chi connectivity index (χ4n) is 2.96. The predicted molar refractivity (Wildman–Crippen MR) is 83.4 cm³/mol. The number of hydrogen-bond donors (Lipinski definition) is 2. The van der Waals surface area contributed by atoms with Crippen molar-refractivity contribution in [3.05, 3.63) is 33.3 Å². The number of rotatable bonds is 4. The first-order valence-electron chi connectivity index (χ1n) is 6.84. The van der Waals surface area contributed by atoms with Gasteiger partial charge in [-0.1, -0.05) is 37.4 Å². The van der Waals surface area contributed by atoms with Crippen molar-refractivity contribution in [2.75, 3.05) is 6.61 Å². The average Bonchev–Trinajstić information content (AvgIpc) is 2.40. The quantitative estimate of drug-likeness (QED) is 0.859. The maximum atomic E-state index is 9.74. The summed E-state index contributed by atoms with van der Waals surface area (Å²) in [5.41, 5.74) is 1.08. The van der Waals surface area contributed by atoms with Crippen LogP contribution in [0, 0.1) is 5.92 Å². The lowest BCUT2D eigenvalue weighted by Crippen LogP contribution is -2.51. The summed E-state index contributed by atoms with van der Waals surface area (Å²) in [5, 5.41) is 14.0. The molecule has 1 aliphatic rings. The molecule has 0 amide bonds. The van der Waals surface area contributed by atoms with E-state index in [2.05, 4.69) is 28.2 Å². The minimum Gasteiger partial charge on any atom is -0.394 e. The van der Waals surface area contributed by atoms with E-state index in [-0.39, 0.29) is 12.1 Å². The van der Waals surface area contributed by atoms with Crippen LogP contribution in [0.15, 0.2) is 22.7 Å². The van der Waals surface area contributed by atoms with Crippen LogP contribution in [-0.2, 0) is 6.54 Å². The first-order valence-corrected chi connectivity index (χ1v) is 8.01. The highest BCUT2D eigenvalue weighted by molar-refractivity contribution is 9.10. The van der Waals surface area contributed by atoms with Gasteiger partial charge in [0.25, 0.3) is 0 Å². The normalized spacial score (nSPS) is 27.5. The first-order chi connectivity index (χ1) is 9.04. The lowest BCUT2D eigenvalue weighted by atomic mass is 9.77. The fraction of sp³-hybridized carbons (Fsp3) is 0.600. The number of aliphatic hydroxyl groups excluding tert-OH is 1. The molecule has 2 rings (SSSR count). The zero-order valence-corrected chi connectivity index (χ0v) is 13.6. The van der Waals surface area contributed by atoms with Crippen molar-refractivity contribution in [3.8, 4) is 0 Å². The number of aliphatic hydroxyl groups is 1. The highest BCUT2D eigenvalue weighted by Crippen LogP contribution is 2.32. The second-order valence-electron chi connectivity index (χ2n) is 5.74. The number of nitrogens with one attached hydrogen (secondary N) is 1. The van der Waals surface area contributed by atoms with Crippen molar-refractivity contribution in [3.63, 3.8) is 0 Å². The Kier molecular flexibility index (Phi) is 5.29. The van der Waals surface area contributed by atoms with Crippen LogP contribution < -0.4 is 5.32 Å². The van der Waals surface area contributed by atoms with E-state index in [9.17, 15) is 5.11 Å². The molecule has 1 aromatic carbocycles. The van der Waals surface area contributed by atoms with E-state index in [1.807, 2.05) is 18.2 Å². The maximum Gasteiger partial charge on any atom is 0.0613 e. The molecule has 106 valence electrons. The Morgan fingerprint density at radius 2 is 2.32 bits per heavy atom. The average molecular weight is 347 g/mol.